The van der Waals surface area contributed by atoms with Gasteiger partial charge in [0, 0.05) is 26.7 Å². The summed E-state index contributed by atoms with van der Waals surface area (Å²) in [6, 6.07) is 6.39. The number of guanidine groups is 1. The maximum Gasteiger partial charge on any atom is 0.190 e. The van der Waals surface area contributed by atoms with Crippen molar-refractivity contribution in [1.82, 2.24) is 15.5 Å². The van der Waals surface area contributed by atoms with Gasteiger partial charge in [0.05, 0.1) is 7.11 Å². The molecule has 0 radical (unpaired) electrons. The second-order valence-electron chi connectivity index (χ2n) is 7.05. The van der Waals surface area contributed by atoms with E-state index >= 15 is 0 Å². The van der Waals surface area contributed by atoms with Crippen LogP contribution in [-0.2, 0) is 6.42 Å². The average Bonchev–Trinajstić information content (AvgIpc) is 3.12. The fraction of sp³-hybridized carbons (Fsp3) is 0.650. The number of hydrogen-bond donors (Lipinski definition) is 2. The van der Waals surface area contributed by atoms with Gasteiger partial charge in [-0.05, 0) is 62.4 Å². The Morgan fingerprint density at radius 1 is 1.27 bits per heavy atom. The Hall–Kier alpha value is -1.02. The lowest BCUT2D eigenvalue weighted by Gasteiger charge is -2.21. The minimum Gasteiger partial charge on any atom is -0.496 e. The summed E-state index contributed by atoms with van der Waals surface area (Å²) < 4.78 is 5.39. The molecule has 1 aliphatic rings. The van der Waals surface area contributed by atoms with Crippen LogP contribution < -0.4 is 15.4 Å². The molecular weight excluding hydrogens is 439 g/mol. The van der Waals surface area contributed by atoms with E-state index in [1.807, 2.05) is 7.05 Å². The Morgan fingerprint density at radius 2 is 2.00 bits per heavy atom. The van der Waals surface area contributed by atoms with Crippen molar-refractivity contribution in [3.05, 3.63) is 29.3 Å². The van der Waals surface area contributed by atoms with E-state index in [1.165, 1.54) is 43.6 Å². The molecule has 1 saturated heterocycles. The number of aliphatic imine (C=N–C) groups is 1. The van der Waals surface area contributed by atoms with Crippen molar-refractivity contribution in [3.63, 3.8) is 0 Å². The van der Waals surface area contributed by atoms with E-state index in [9.17, 15) is 0 Å². The van der Waals surface area contributed by atoms with Gasteiger partial charge >= 0.3 is 0 Å². The van der Waals surface area contributed by atoms with Crippen molar-refractivity contribution in [2.75, 3.05) is 46.9 Å². The van der Waals surface area contributed by atoms with Gasteiger partial charge in [0.1, 0.15) is 5.75 Å². The quantitative estimate of drug-likeness (QED) is 0.346. The van der Waals surface area contributed by atoms with E-state index in [4.69, 9.17) is 4.74 Å². The van der Waals surface area contributed by atoms with Crippen LogP contribution >= 0.6 is 24.0 Å². The van der Waals surface area contributed by atoms with Crippen molar-refractivity contribution >= 4 is 29.9 Å². The Balaban J connectivity index is 0.00000338. The molecule has 148 valence electrons. The minimum atomic E-state index is 0. The van der Waals surface area contributed by atoms with Crippen LogP contribution in [0.4, 0.5) is 0 Å². The molecular formula is C20H35IN4O. The van der Waals surface area contributed by atoms with E-state index < -0.39 is 0 Å². The highest BCUT2D eigenvalue weighted by Crippen LogP contribution is 2.19. The van der Waals surface area contributed by atoms with Gasteiger partial charge in [-0.15, -0.1) is 24.0 Å². The molecule has 0 aliphatic carbocycles. The molecule has 5 nitrogen and oxygen atoms in total. The molecule has 6 heteroatoms. The van der Waals surface area contributed by atoms with E-state index in [2.05, 4.69) is 52.6 Å². The van der Waals surface area contributed by atoms with Crippen LogP contribution in [0.25, 0.3) is 0 Å². The summed E-state index contributed by atoms with van der Waals surface area (Å²) in [4.78, 5) is 6.89. The molecule has 1 heterocycles. The first-order chi connectivity index (χ1) is 12.1. The Kier molecular flexibility index (Phi) is 11.0. The standard InChI is InChI=1S/C20H34N4O.HI/c1-16(15-24-11-5-6-12-24)14-23-20(21-3)22-10-9-18-8-7-17(2)19(13-18)25-4;/h7-8,13,16H,5-6,9-12,14-15H2,1-4H3,(H2,21,22,23);1H. The van der Waals surface area contributed by atoms with Crippen LogP contribution in [0.2, 0.25) is 0 Å². The third-order valence-electron chi connectivity index (χ3n) is 4.79. The average molecular weight is 474 g/mol. The fourth-order valence-electron chi connectivity index (χ4n) is 3.31. The summed E-state index contributed by atoms with van der Waals surface area (Å²) in [6.45, 7) is 9.87. The maximum atomic E-state index is 5.39. The number of nitrogens with zero attached hydrogens (tertiary/aromatic N) is 2. The third kappa shape index (κ3) is 7.70. The molecule has 0 spiro atoms. The molecule has 1 fully saturated rings. The molecule has 0 amide bonds. The molecule has 1 unspecified atom stereocenters. The number of ether oxygens (including phenoxy) is 1. The van der Waals surface area contributed by atoms with Crippen molar-refractivity contribution in [1.29, 1.82) is 0 Å². The lowest BCUT2D eigenvalue weighted by atomic mass is 10.1. The molecule has 1 atom stereocenters. The van der Waals surface area contributed by atoms with Gasteiger partial charge in [-0.25, -0.2) is 0 Å². The van der Waals surface area contributed by atoms with Gasteiger partial charge in [0.2, 0.25) is 0 Å². The monoisotopic (exact) mass is 474 g/mol. The zero-order valence-electron chi connectivity index (χ0n) is 16.7. The highest BCUT2D eigenvalue weighted by atomic mass is 127. The van der Waals surface area contributed by atoms with E-state index in [0.29, 0.717) is 5.92 Å². The van der Waals surface area contributed by atoms with Crippen molar-refractivity contribution in [2.24, 2.45) is 10.9 Å². The minimum absolute atomic E-state index is 0. The second kappa shape index (κ2) is 12.4. The van der Waals surface area contributed by atoms with Gasteiger partial charge in [0.25, 0.3) is 0 Å². The van der Waals surface area contributed by atoms with Gasteiger partial charge in [-0.2, -0.15) is 0 Å². The molecule has 0 aromatic heterocycles. The predicted molar refractivity (Wildman–Crippen MR) is 121 cm³/mol. The number of nitrogens with one attached hydrogen (secondary N) is 2. The number of hydrogen-bond acceptors (Lipinski definition) is 3. The summed E-state index contributed by atoms with van der Waals surface area (Å²) in [5, 5.41) is 6.85. The zero-order chi connectivity index (χ0) is 18.1. The van der Waals surface area contributed by atoms with Crippen LogP contribution in [-0.4, -0.2) is 57.7 Å². The highest BCUT2D eigenvalue weighted by Gasteiger charge is 2.14. The maximum absolute atomic E-state index is 5.39. The molecule has 2 N–H and O–H groups in total. The lowest BCUT2D eigenvalue weighted by molar-refractivity contribution is 0.287. The van der Waals surface area contributed by atoms with Gasteiger partial charge in [-0.1, -0.05) is 19.1 Å². The van der Waals surface area contributed by atoms with E-state index in [1.54, 1.807) is 7.11 Å². The SMILES string of the molecule is CN=C(NCCc1ccc(C)c(OC)c1)NCC(C)CN1CCCC1.I. The molecule has 1 aliphatic heterocycles. The molecule has 26 heavy (non-hydrogen) atoms. The first-order valence-corrected chi connectivity index (χ1v) is 9.42. The second-order valence-corrected chi connectivity index (χ2v) is 7.05. The molecule has 0 saturated carbocycles. The van der Waals surface area contributed by atoms with Crippen LogP contribution in [0.15, 0.2) is 23.2 Å². The first-order valence-electron chi connectivity index (χ1n) is 9.42. The van der Waals surface area contributed by atoms with Crippen molar-refractivity contribution in [3.8, 4) is 5.75 Å². The summed E-state index contributed by atoms with van der Waals surface area (Å²) in [6.07, 6.45) is 3.65. The van der Waals surface area contributed by atoms with Crippen molar-refractivity contribution < 1.29 is 4.74 Å². The number of aryl methyl sites for hydroxylation is 1. The largest absolute Gasteiger partial charge is 0.496 e. The number of likely N-dealkylation sites (tertiary alicyclic amines) is 1. The van der Waals surface area contributed by atoms with Gasteiger partial charge in [0.15, 0.2) is 5.96 Å². The molecule has 2 rings (SSSR count). The molecule has 1 aromatic carbocycles. The van der Waals surface area contributed by atoms with Crippen LogP contribution in [0.3, 0.4) is 0 Å². The number of halogens is 1. The lowest BCUT2D eigenvalue weighted by Crippen LogP contribution is -2.42. The summed E-state index contributed by atoms with van der Waals surface area (Å²) >= 11 is 0. The summed E-state index contributed by atoms with van der Waals surface area (Å²) in [5.41, 5.74) is 2.44. The highest BCUT2D eigenvalue weighted by molar-refractivity contribution is 14.0. The topological polar surface area (TPSA) is 48.9 Å². The normalized spacial score (nSPS) is 16.1. The smallest absolute Gasteiger partial charge is 0.190 e. The Morgan fingerprint density at radius 3 is 2.65 bits per heavy atom. The molecule has 1 aromatic rings. The summed E-state index contributed by atoms with van der Waals surface area (Å²) in [5.74, 6) is 2.46. The third-order valence-corrected chi connectivity index (χ3v) is 4.79. The van der Waals surface area contributed by atoms with Crippen LogP contribution in [0.1, 0.15) is 30.9 Å². The van der Waals surface area contributed by atoms with Crippen LogP contribution in [0, 0.1) is 12.8 Å². The van der Waals surface area contributed by atoms with Crippen LogP contribution in [0.5, 0.6) is 5.75 Å². The van der Waals surface area contributed by atoms with Gasteiger partial charge in [-0.3, -0.25) is 4.99 Å². The number of methoxy groups -OCH3 is 1. The Labute approximate surface area is 176 Å². The first kappa shape index (κ1) is 23.0. The Bertz CT molecular complexity index is 559. The zero-order valence-corrected chi connectivity index (χ0v) is 19.0. The number of rotatable bonds is 8. The number of benzene rings is 1. The van der Waals surface area contributed by atoms with Gasteiger partial charge < -0.3 is 20.3 Å². The van der Waals surface area contributed by atoms with Crippen molar-refractivity contribution in [2.45, 2.75) is 33.1 Å². The summed E-state index contributed by atoms with van der Waals surface area (Å²) in [7, 11) is 3.55. The van der Waals surface area contributed by atoms with E-state index in [0.717, 1.165) is 31.2 Å². The predicted octanol–water partition coefficient (Wildman–Crippen LogP) is 3.06. The van der Waals surface area contributed by atoms with E-state index in [-0.39, 0.29) is 24.0 Å². The fourth-order valence-corrected chi connectivity index (χ4v) is 3.31. The molecule has 0 bridgehead atoms.